The van der Waals surface area contributed by atoms with Gasteiger partial charge in [0.15, 0.2) is 0 Å². The fraction of sp³-hybridized carbons (Fsp3) is 0.143. The van der Waals surface area contributed by atoms with Gasteiger partial charge in [-0.1, -0.05) is 30.2 Å². The molecule has 0 aliphatic heterocycles. The van der Waals surface area contributed by atoms with E-state index in [-0.39, 0.29) is 0 Å². The summed E-state index contributed by atoms with van der Waals surface area (Å²) >= 11 is 0. The molecule has 3 N–H and O–H groups in total. The number of allylic oxidation sites excluding steroid dienone is 3. The molecule has 82 valence electrons. The second-order valence-electron chi connectivity index (χ2n) is 3.51. The van der Waals surface area contributed by atoms with Crippen molar-refractivity contribution in [2.45, 2.75) is 13.0 Å². The molecule has 16 heavy (non-hydrogen) atoms. The van der Waals surface area contributed by atoms with Crippen LogP contribution >= 0.6 is 0 Å². The van der Waals surface area contributed by atoms with Crippen LogP contribution in [0.3, 0.4) is 0 Å². The van der Waals surface area contributed by atoms with Gasteiger partial charge in [0.05, 0.1) is 0 Å². The number of aliphatic hydroxyl groups excluding tert-OH is 1. The van der Waals surface area contributed by atoms with E-state index in [2.05, 4.69) is 5.92 Å². The SMILES string of the molecule is C#C/C=C\C=C(/C)C(O)c1cccc(N)c1. The second kappa shape index (κ2) is 5.79. The molecule has 1 aromatic carbocycles. The minimum Gasteiger partial charge on any atom is -0.399 e. The number of anilines is 1. The van der Waals surface area contributed by atoms with Gasteiger partial charge >= 0.3 is 0 Å². The zero-order valence-corrected chi connectivity index (χ0v) is 9.22. The largest absolute Gasteiger partial charge is 0.399 e. The molecule has 0 heterocycles. The molecule has 2 heteroatoms. The lowest BCUT2D eigenvalue weighted by Crippen LogP contribution is -1.99. The summed E-state index contributed by atoms with van der Waals surface area (Å²) in [5.74, 6) is 2.38. The van der Waals surface area contributed by atoms with E-state index < -0.39 is 6.10 Å². The van der Waals surface area contributed by atoms with Crippen molar-refractivity contribution < 1.29 is 5.11 Å². The minimum absolute atomic E-state index is 0.642. The van der Waals surface area contributed by atoms with E-state index in [0.29, 0.717) is 5.69 Å². The number of benzene rings is 1. The molecule has 0 aliphatic carbocycles. The third kappa shape index (κ3) is 3.30. The predicted molar refractivity (Wildman–Crippen MR) is 67.5 cm³/mol. The molecule has 0 saturated carbocycles. The molecule has 1 atom stereocenters. The summed E-state index contributed by atoms with van der Waals surface area (Å²) in [4.78, 5) is 0. The summed E-state index contributed by atoms with van der Waals surface area (Å²) in [5, 5.41) is 10.0. The lowest BCUT2D eigenvalue weighted by Gasteiger charge is -2.11. The Balaban J connectivity index is 2.86. The first-order valence-corrected chi connectivity index (χ1v) is 4.98. The number of terminal acetylenes is 1. The van der Waals surface area contributed by atoms with Crippen LogP contribution in [0.5, 0.6) is 0 Å². The summed E-state index contributed by atoms with van der Waals surface area (Å²) in [7, 11) is 0. The Bertz CT molecular complexity index is 452. The first-order chi connectivity index (χ1) is 7.65. The van der Waals surface area contributed by atoms with Crippen molar-refractivity contribution in [3.8, 4) is 12.3 Å². The molecule has 1 unspecified atom stereocenters. The third-order valence-electron chi connectivity index (χ3n) is 2.21. The van der Waals surface area contributed by atoms with E-state index in [4.69, 9.17) is 12.2 Å². The van der Waals surface area contributed by atoms with E-state index in [1.54, 1.807) is 30.4 Å². The molecular formula is C14H15NO. The van der Waals surface area contributed by atoms with Gasteiger partial charge in [-0.25, -0.2) is 0 Å². The number of hydrogen-bond acceptors (Lipinski definition) is 2. The standard InChI is InChI=1S/C14H15NO/c1-3-4-5-7-11(2)14(16)12-8-6-9-13(15)10-12/h1,4-10,14,16H,15H2,2H3/b5-4-,11-7+. The zero-order valence-electron chi connectivity index (χ0n) is 9.22. The van der Waals surface area contributed by atoms with Crippen molar-refractivity contribution in [2.75, 3.05) is 5.73 Å². The van der Waals surface area contributed by atoms with Gasteiger partial charge < -0.3 is 10.8 Å². The van der Waals surface area contributed by atoms with Crippen LogP contribution in [0.25, 0.3) is 0 Å². The first-order valence-electron chi connectivity index (χ1n) is 4.98. The third-order valence-corrected chi connectivity index (χ3v) is 2.21. The Hall–Kier alpha value is -1.98. The Morgan fingerprint density at radius 3 is 2.94 bits per heavy atom. The average molecular weight is 213 g/mol. The van der Waals surface area contributed by atoms with Crippen LogP contribution in [-0.4, -0.2) is 5.11 Å². The van der Waals surface area contributed by atoms with Crippen LogP contribution in [0.2, 0.25) is 0 Å². The average Bonchev–Trinajstić information content (AvgIpc) is 2.28. The van der Waals surface area contributed by atoms with Crippen LogP contribution in [0.4, 0.5) is 5.69 Å². The van der Waals surface area contributed by atoms with Crippen molar-refractivity contribution in [1.29, 1.82) is 0 Å². The second-order valence-corrected chi connectivity index (χ2v) is 3.51. The Morgan fingerprint density at radius 1 is 1.56 bits per heavy atom. The Labute approximate surface area is 96.1 Å². The van der Waals surface area contributed by atoms with Gasteiger partial charge in [0.1, 0.15) is 6.10 Å². The molecular weight excluding hydrogens is 198 g/mol. The van der Waals surface area contributed by atoms with E-state index in [9.17, 15) is 5.11 Å². The fourth-order valence-corrected chi connectivity index (χ4v) is 1.34. The number of hydrogen-bond donors (Lipinski definition) is 2. The molecule has 1 aromatic rings. The lowest BCUT2D eigenvalue weighted by atomic mass is 10.0. The molecule has 0 bridgehead atoms. The van der Waals surface area contributed by atoms with Crippen LogP contribution < -0.4 is 5.73 Å². The van der Waals surface area contributed by atoms with Gasteiger partial charge in [-0.15, -0.1) is 6.42 Å². The highest BCUT2D eigenvalue weighted by Gasteiger charge is 2.08. The lowest BCUT2D eigenvalue weighted by molar-refractivity contribution is 0.216. The number of nitrogens with two attached hydrogens (primary N) is 1. The van der Waals surface area contributed by atoms with Crippen molar-refractivity contribution in [3.63, 3.8) is 0 Å². The van der Waals surface area contributed by atoms with Gasteiger partial charge in [-0.2, -0.15) is 0 Å². The number of aliphatic hydroxyl groups is 1. The summed E-state index contributed by atoms with van der Waals surface area (Å²) in [5.41, 5.74) is 7.89. The Kier molecular flexibility index (Phi) is 4.38. The van der Waals surface area contributed by atoms with Gasteiger partial charge in [-0.05, 0) is 36.3 Å². The topological polar surface area (TPSA) is 46.2 Å². The van der Waals surface area contributed by atoms with E-state index in [0.717, 1.165) is 11.1 Å². The molecule has 2 nitrogen and oxygen atoms in total. The summed E-state index contributed by atoms with van der Waals surface area (Å²) in [6.07, 6.45) is 9.52. The van der Waals surface area contributed by atoms with Gasteiger partial charge in [-0.3, -0.25) is 0 Å². The smallest absolute Gasteiger partial charge is 0.100 e. The number of rotatable bonds is 3. The summed E-state index contributed by atoms with van der Waals surface area (Å²) < 4.78 is 0. The van der Waals surface area contributed by atoms with Crippen LogP contribution in [-0.2, 0) is 0 Å². The van der Waals surface area contributed by atoms with Crippen molar-refractivity contribution in [1.82, 2.24) is 0 Å². The van der Waals surface area contributed by atoms with Gasteiger partial charge in [0, 0.05) is 5.69 Å². The summed E-state index contributed by atoms with van der Waals surface area (Å²) in [6, 6.07) is 7.20. The first kappa shape index (κ1) is 12.1. The highest BCUT2D eigenvalue weighted by atomic mass is 16.3. The molecule has 0 fully saturated rings. The fourth-order valence-electron chi connectivity index (χ4n) is 1.34. The maximum atomic E-state index is 10.0. The predicted octanol–water partition coefficient (Wildman–Crippen LogP) is 2.44. The van der Waals surface area contributed by atoms with E-state index >= 15 is 0 Å². The molecule has 0 aliphatic rings. The molecule has 0 amide bonds. The normalized spacial score (nSPS) is 13.7. The Morgan fingerprint density at radius 2 is 2.31 bits per heavy atom. The zero-order chi connectivity index (χ0) is 12.0. The van der Waals surface area contributed by atoms with Gasteiger partial charge in [0.25, 0.3) is 0 Å². The van der Waals surface area contributed by atoms with E-state index in [1.165, 1.54) is 0 Å². The molecule has 0 aromatic heterocycles. The molecule has 0 spiro atoms. The molecule has 1 rings (SSSR count). The molecule has 0 saturated heterocycles. The highest BCUT2D eigenvalue weighted by molar-refractivity contribution is 5.43. The van der Waals surface area contributed by atoms with Crippen molar-refractivity contribution in [3.05, 3.63) is 53.6 Å². The van der Waals surface area contributed by atoms with Crippen LogP contribution in [0.1, 0.15) is 18.6 Å². The van der Waals surface area contributed by atoms with Crippen LogP contribution in [0, 0.1) is 12.3 Å². The maximum Gasteiger partial charge on any atom is 0.100 e. The van der Waals surface area contributed by atoms with Crippen LogP contribution in [0.15, 0.2) is 48.1 Å². The molecule has 0 radical (unpaired) electrons. The summed E-state index contributed by atoms with van der Waals surface area (Å²) in [6.45, 7) is 1.84. The minimum atomic E-state index is -0.647. The quantitative estimate of drug-likeness (QED) is 0.460. The monoisotopic (exact) mass is 213 g/mol. The number of nitrogen functional groups attached to an aromatic ring is 1. The van der Waals surface area contributed by atoms with Crippen molar-refractivity contribution >= 4 is 5.69 Å². The highest BCUT2D eigenvalue weighted by Crippen LogP contribution is 2.22. The maximum absolute atomic E-state index is 10.0. The van der Waals surface area contributed by atoms with E-state index in [1.807, 2.05) is 19.1 Å². The van der Waals surface area contributed by atoms with Gasteiger partial charge in [0.2, 0.25) is 0 Å². The van der Waals surface area contributed by atoms with Crippen molar-refractivity contribution in [2.24, 2.45) is 0 Å².